The van der Waals surface area contributed by atoms with E-state index in [0.29, 0.717) is 17.1 Å². The summed E-state index contributed by atoms with van der Waals surface area (Å²) in [5, 5.41) is 0. The first-order valence-electron chi connectivity index (χ1n) is 9.00. The van der Waals surface area contributed by atoms with Gasteiger partial charge in [-0.1, -0.05) is 87.8 Å². The Hall–Kier alpha value is -1.73. The summed E-state index contributed by atoms with van der Waals surface area (Å²) in [6, 6.07) is 26.8. The van der Waals surface area contributed by atoms with Crippen molar-refractivity contribution < 1.29 is 8.42 Å². The lowest BCUT2D eigenvalue weighted by Crippen LogP contribution is -2.38. The van der Waals surface area contributed by atoms with Crippen LogP contribution in [-0.4, -0.2) is 20.2 Å². The van der Waals surface area contributed by atoms with E-state index in [9.17, 15) is 8.42 Å². The van der Waals surface area contributed by atoms with E-state index in [1.165, 1.54) is 0 Å². The van der Waals surface area contributed by atoms with Crippen LogP contribution in [0.2, 0.25) is 0 Å². The van der Waals surface area contributed by atoms with Crippen molar-refractivity contribution in [3.63, 3.8) is 0 Å². The van der Waals surface area contributed by atoms with E-state index in [1.54, 1.807) is 33.7 Å². The van der Waals surface area contributed by atoms with E-state index < -0.39 is 10.0 Å². The molecule has 6 heteroatoms. The molecule has 0 heterocycles. The predicted octanol–water partition coefficient (Wildman–Crippen LogP) is 5.33. The van der Waals surface area contributed by atoms with Crippen LogP contribution in [0.1, 0.15) is 11.1 Å². The Balaban J connectivity index is 1.70. The molecule has 28 heavy (non-hydrogen) atoms. The van der Waals surface area contributed by atoms with Gasteiger partial charge in [-0.3, -0.25) is 0 Å². The molecule has 3 aromatic carbocycles. The van der Waals surface area contributed by atoms with E-state index >= 15 is 0 Å². The molecule has 0 saturated heterocycles. The van der Waals surface area contributed by atoms with Crippen LogP contribution < -0.4 is 4.72 Å². The van der Waals surface area contributed by atoms with Gasteiger partial charge in [0.15, 0.2) is 0 Å². The van der Waals surface area contributed by atoms with Gasteiger partial charge in [0, 0.05) is 16.7 Å². The van der Waals surface area contributed by atoms with Gasteiger partial charge in [-0.25, -0.2) is 13.1 Å². The van der Waals surface area contributed by atoms with Gasteiger partial charge in [-0.15, -0.1) is 0 Å². The zero-order chi connectivity index (χ0) is 19.8. The fraction of sp³-hybridized carbons (Fsp3) is 0.182. The summed E-state index contributed by atoms with van der Waals surface area (Å²) in [5.74, 6) is 0.666. The van der Waals surface area contributed by atoms with Crippen LogP contribution in [0, 0.1) is 6.92 Å². The molecule has 0 unspecified atom stereocenters. The minimum atomic E-state index is -3.56. The maximum absolute atomic E-state index is 12.9. The summed E-state index contributed by atoms with van der Waals surface area (Å²) in [4.78, 5) is 1.46. The molecule has 3 nitrogen and oxygen atoms in total. The standard InChI is InChI=1S/C22H23NO2S3/c1-18-12-14-22(15-13-18)28(24,25)23-20(16-19-8-4-2-5-9-19)17-26-27-21-10-6-3-7-11-21/h2-15,20,23H,16-17H2,1H3/t20-/m0/s1. The summed E-state index contributed by atoms with van der Waals surface area (Å²) >= 11 is 0. The topological polar surface area (TPSA) is 46.2 Å². The summed E-state index contributed by atoms with van der Waals surface area (Å²) in [6.45, 7) is 1.94. The summed E-state index contributed by atoms with van der Waals surface area (Å²) in [5.41, 5.74) is 2.15. The Morgan fingerprint density at radius 3 is 2.11 bits per heavy atom. The van der Waals surface area contributed by atoms with Gasteiger partial charge in [0.25, 0.3) is 0 Å². The summed E-state index contributed by atoms with van der Waals surface area (Å²) < 4.78 is 28.6. The third kappa shape index (κ3) is 6.41. The van der Waals surface area contributed by atoms with Crippen molar-refractivity contribution in [2.75, 3.05) is 5.75 Å². The van der Waals surface area contributed by atoms with Gasteiger partial charge in [-0.05, 0) is 43.2 Å². The van der Waals surface area contributed by atoms with Gasteiger partial charge in [0.1, 0.15) is 0 Å². The molecule has 0 aromatic heterocycles. The molecule has 146 valence electrons. The van der Waals surface area contributed by atoms with Crippen LogP contribution in [0.15, 0.2) is 94.7 Å². The molecule has 0 spiro atoms. The summed E-state index contributed by atoms with van der Waals surface area (Å²) in [7, 11) is -0.237. The molecular formula is C22H23NO2S3. The first-order chi connectivity index (χ1) is 13.5. The molecule has 1 atom stereocenters. The zero-order valence-electron chi connectivity index (χ0n) is 15.6. The average molecular weight is 430 g/mol. The van der Waals surface area contributed by atoms with Gasteiger partial charge >= 0.3 is 0 Å². The largest absolute Gasteiger partial charge is 0.240 e. The third-order valence-corrected chi connectivity index (χ3v) is 8.14. The quantitative estimate of drug-likeness (QED) is 0.467. The first-order valence-corrected chi connectivity index (χ1v) is 12.8. The highest BCUT2D eigenvalue weighted by atomic mass is 33.1. The number of hydrogen-bond donors (Lipinski definition) is 1. The van der Waals surface area contributed by atoms with Gasteiger partial charge in [0.2, 0.25) is 10.0 Å². The third-order valence-electron chi connectivity index (χ3n) is 4.15. The molecule has 0 amide bonds. The van der Waals surface area contributed by atoms with E-state index in [-0.39, 0.29) is 6.04 Å². The van der Waals surface area contributed by atoms with Gasteiger partial charge < -0.3 is 0 Å². The Bertz CT molecular complexity index is 960. The van der Waals surface area contributed by atoms with Crippen molar-refractivity contribution in [2.45, 2.75) is 29.2 Å². The maximum atomic E-state index is 12.9. The maximum Gasteiger partial charge on any atom is 0.240 e. The van der Waals surface area contributed by atoms with Crippen molar-refractivity contribution in [3.8, 4) is 0 Å². The highest BCUT2D eigenvalue weighted by molar-refractivity contribution is 8.76. The van der Waals surface area contributed by atoms with E-state index in [4.69, 9.17) is 0 Å². The minimum Gasteiger partial charge on any atom is -0.207 e. The van der Waals surface area contributed by atoms with Gasteiger partial charge in [-0.2, -0.15) is 0 Å². The highest BCUT2D eigenvalue weighted by Crippen LogP contribution is 2.31. The zero-order valence-corrected chi connectivity index (χ0v) is 18.1. The molecule has 0 saturated carbocycles. The van der Waals surface area contributed by atoms with E-state index in [1.807, 2.05) is 67.6 Å². The Morgan fingerprint density at radius 2 is 1.46 bits per heavy atom. The fourth-order valence-corrected chi connectivity index (χ4v) is 6.32. The van der Waals surface area contributed by atoms with Crippen molar-refractivity contribution in [1.29, 1.82) is 0 Å². The van der Waals surface area contributed by atoms with Crippen molar-refractivity contribution >= 4 is 31.6 Å². The lowest BCUT2D eigenvalue weighted by atomic mass is 10.1. The molecule has 0 radical (unpaired) electrons. The average Bonchev–Trinajstić information content (AvgIpc) is 2.69. The normalized spacial score (nSPS) is 12.6. The lowest BCUT2D eigenvalue weighted by Gasteiger charge is -2.19. The monoisotopic (exact) mass is 429 g/mol. The number of aryl methyl sites for hydroxylation is 1. The molecule has 3 aromatic rings. The molecule has 0 aliphatic carbocycles. The molecule has 0 aliphatic rings. The van der Waals surface area contributed by atoms with E-state index in [2.05, 4.69) is 16.9 Å². The van der Waals surface area contributed by atoms with E-state index in [0.717, 1.165) is 16.0 Å². The van der Waals surface area contributed by atoms with Crippen LogP contribution in [0.5, 0.6) is 0 Å². The first kappa shape index (κ1) is 21.0. The molecule has 3 rings (SSSR count). The van der Waals surface area contributed by atoms with Crippen LogP contribution in [0.4, 0.5) is 0 Å². The lowest BCUT2D eigenvalue weighted by molar-refractivity contribution is 0.562. The van der Waals surface area contributed by atoms with Crippen molar-refractivity contribution in [1.82, 2.24) is 4.72 Å². The van der Waals surface area contributed by atoms with Crippen LogP contribution >= 0.6 is 21.6 Å². The Kier molecular flexibility index (Phi) is 7.62. The number of benzene rings is 3. The molecule has 0 fully saturated rings. The molecule has 1 N–H and O–H groups in total. The number of hydrogen-bond acceptors (Lipinski definition) is 4. The minimum absolute atomic E-state index is 0.199. The Morgan fingerprint density at radius 1 is 0.857 bits per heavy atom. The molecule has 0 aliphatic heterocycles. The Labute approximate surface area is 175 Å². The number of rotatable bonds is 9. The second kappa shape index (κ2) is 10.2. The fourth-order valence-electron chi connectivity index (χ4n) is 2.70. The van der Waals surface area contributed by atoms with Crippen LogP contribution in [-0.2, 0) is 16.4 Å². The second-order valence-corrected chi connectivity index (χ2v) is 10.6. The number of sulfonamides is 1. The predicted molar refractivity (Wildman–Crippen MR) is 120 cm³/mol. The number of nitrogens with one attached hydrogen (secondary N) is 1. The molecule has 0 bridgehead atoms. The van der Waals surface area contributed by atoms with Crippen LogP contribution in [0.3, 0.4) is 0 Å². The second-order valence-electron chi connectivity index (χ2n) is 6.50. The van der Waals surface area contributed by atoms with Crippen molar-refractivity contribution in [2.24, 2.45) is 0 Å². The van der Waals surface area contributed by atoms with Crippen molar-refractivity contribution in [3.05, 3.63) is 96.1 Å². The SMILES string of the molecule is Cc1ccc(S(=O)(=O)N[C@H](CSSc2ccccc2)Cc2ccccc2)cc1. The summed E-state index contributed by atoms with van der Waals surface area (Å²) in [6.07, 6.45) is 0.647. The highest BCUT2D eigenvalue weighted by Gasteiger charge is 2.20. The molecular weight excluding hydrogens is 406 g/mol. The van der Waals surface area contributed by atoms with Gasteiger partial charge in [0.05, 0.1) is 4.90 Å². The smallest absolute Gasteiger partial charge is 0.207 e. The van der Waals surface area contributed by atoms with Crippen LogP contribution in [0.25, 0.3) is 0 Å².